The number of amides is 1. The molecule has 29 heavy (non-hydrogen) atoms. The fraction of sp³-hybridized carbons (Fsp3) is 0.421. The van der Waals surface area contributed by atoms with E-state index in [4.69, 9.17) is 4.74 Å². The van der Waals surface area contributed by atoms with Crippen LogP contribution < -0.4 is 5.32 Å². The first-order valence-electron chi connectivity index (χ1n) is 8.87. The van der Waals surface area contributed by atoms with Gasteiger partial charge in [0.15, 0.2) is 11.6 Å². The van der Waals surface area contributed by atoms with Gasteiger partial charge in [-0.1, -0.05) is 20.8 Å². The summed E-state index contributed by atoms with van der Waals surface area (Å²) in [6.07, 6.45) is 0.258. The average molecular weight is 411 g/mol. The van der Waals surface area contributed by atoms with Gasteiger partial charge in [-0.25, -0.2) is 22.8 Å². The summed E-state index contributed by atoms with van der Waals surface area (Å²) in [6.45, 7) is 5.23. The molecule has 2 N–H and O–H groups in total. The van der Waals surface area contributed by atoms with Crippen LogP contribution in [0.15, 0.2) is 12.1 Å². The quantitative estimate of drug-likeness (QED) is 0.757. The summed E-state index contributed by atoms with van der Waals surface area (Å²) in [6, 6.07) is -0.961. The van der Waals surface area contributed by atoms with E-state index >= 15 is 0 Å². The number of rotatable bonds is 3. The number of benzene rings is 1. The normalized spacial score (nSPS) is 15.0. The van der Waals surface area contributed by atoms with E-state index in [-0.39, 0.29) is 30.9 Å². The van der Waals surface area contributed by atoms with Crippen LogP contribution in [0.4, 0.5) is 18.0 Å². The fourth-order valence-corrected chi connectivity index (χ4v) is 3.16. The van der Waals surface area contributed by atoms with Crippen LogP contribution in [-0.2, 0) is 22.6 Å². The van der Waals surface area contributed by atoms with Gasteiger partial charge in [-0.3, -0.25) is 0 Å². The molecule has 0 saturated heterocycles. The molecule has 156 valence electrons. The third kappa shape index (κ3) is 3.98. The molecule has 1 aromatic carbocycles. The number of aromatic nitrogens is 2. The lowest BCUT2D eigenvalue weighted by Gasteiger charge is -2.27. The van der Waals surface area contributed by atoms with Gasteiger partial charge < -0.3 is 15.2 Å². The Morgan fingerprint density at radius 2 is 1.86 bits per heavy atom. The molecule has 0 fully saturated rings. The number of fused-ring (bicyclic) bond motifs is 1. The van der Waals surface area contributed by atoms with E-state index in [2.05, 4.69) is 10.4 Å². The van der Waals surface area contributed by atoms with Gasteiger partial charge in [-0.15, -0.1) is 0 Å². The van der Waals surface area contributed by atoms with Crippen molar-refractivity contribution in [1.29, 1.82) is 0 Å². The number of hydrogen-bond donors (Lipinski definition) is 2. The maximum absolute atomic E-state index is 14.3. The molecule has 0 saturated carbocycles. The molecule has 2 aromatic rings. The number of halogens is 3. The monoisotopic (exact) mass is 411 g/mol. The van der Waals surface area contributed by atoms with Gasteiger partial charge >= 0.3 is 12.0 Å². The zero-order valence-corrected chi connectivity index (χ0v) is 16.1. The molecule has 0 aliphatic carbocycles. The second-order valence-corrected chi connectivity index (χ2v) is 7.82. The Kier molecular flexibility index (Phi) is 5.40. The van der Waals surface area contributed by atoms with Crippen molar-refractivity contribution >= 4 is 12.0 Å². The fourth-order valence-electron chi connectivity index (χ4n) is 3.16. The van der Waals surface area contributed by atoms with Gasteiger partial charge in [-0.05, 0) is 11.5 Å². The lowest BCUT2D eigenvalue weighted by atomic mass is 9.87. The van der Waals surface area contributed by atoms with Crippen LogP contribution in [0.25, 0.3) is 11.3 Å². The van der Waals surface area contributed by atoms with Crippen molar-refractivity contribution in [2.24, 2.45) is 5.41 Å². The molecule has 1 aliphatic heterocycles. The summed E-state index contributed by atoms with van der Waals surface area (Å²) >= 11 is 0. The molecule has 1 amide bonds. The minimum atomic E-state index is -1.34. The van der Waals surface area contributed by atoms with Crippen LogP contribution in [0.3, 0.4) is 0 Å². The van der Waals surface area contributed by atoms with E-state index in [1.165, 1.54) is 0 Å². The van der Waals surface area contributed by atoms with Gasteiger partial charge in [-0.2, -0.15) is 9.78 Å². The summed E-state index contributed by atoms with van der Waals surface area (Å²) in [7, 11) is 0. The largest absolute Gasteiger partial charge is 0.480 e. The maximum Gasteiger partial charge on any atom is 0.343 e. The van der Waals surface area contributed by atoms with Crippen molar-refractivity contribution in [3.63, 3.8) is 0 Å². The molecule has 2 heterocycles. The van der Waals surface area contributed by atoms with Crippen molar-refractivity contribution in [3.8, 4) is 11.3 Å². The third-order valence-corrected chi connectivity index (χ3v) is 4.66. The predicted octanol–water partition coefficient (Wildman–Crippen LogP) is 3.10. The number of nitrogens with one attached hydrogen (secondary N) is 1. The van der Waals surface area contributed by atoms with Gasteiger partial charge in [0.1, 0.15) is 17.6 Å². The van der Waals surface area contributed by atoms with E-state index in [1.807, 2.05) is 0 Å². The number of hydrogen-bond acceptors (Lipinski definition) is 4. The highest BCUT2D eigenvalue weighted by atomic mass is 19.2. The molecule has 1 aliphatic rings. The number of nitrogens with zero attached hydrogens (tertiary/aromatic N) is 2. The first-order valence-corrected chi connectivity index (χ1v) is 8.87. The molecule has 1 atom stereocenters. The van der Waals surface area contributed by atoms with Crippen molar-refractivity contribution in [1.82, 2.24) is 15.1 Å². The number of ether oxygens (including phenoxy) is 1. The molecule has 0 radical (unpaired) electrons. The Bertz CT molecular complexity index is 982. The van der Waals surface area contributed by atoms with Crippen LogP contribution in [0.2, 0.25) is 0 Å². The van der Waals surface area contributed by atoms with Crippen molar-refractivity contribution in [3.05, 3.63) is 40.8 Å². The van der Waals surface area contributed by atoms with E-state index in [1.54, 1.807) is 20.8 Å². The number of carboxylic acid groups (broad SMARTS) is 1. The zero-order valence-electron chi connectivity index (χ0n) is 16.1. The Labute approximate surface area is 164 Å². The molecular formula is C19H20F3N3O4. The zero-order chi connectivity index (χ0) is 21.5. The third-order valence-electron chi connectivity index (χ3n) is 4.66. The molecule has 7 nitrogen and oxygen atoms in total. The van der Waals surface area contributed by atoms with Gasteiger partial charge in [0.25, 0.3) is 0 Å². The highest BCUT2D eigenvalue weighted by molar-refractivity contribution is 5.85. The van der Waals surface area contributed by atoms with E-state index in [0.29, 0.717) is 23.4 Å². The lowest BCUT2D eigenvalue weighted by molar-refractivity contribution is -0.141. The van der Waals surface area contributed by atoms with Crippen LogP contribution in [0.5, 0.6) is 0 Å². The molecule has 0 spiro atoms. The van der Waals surface area contributed by atoms with Crippen LogP contribution in [0, 0.1) is 22.9 Å². The predicted molar refractivity (Wildman–Crippen MR) is 95.7 cm³/mol. The second kappa shape index (κ2) is 7.51. The highest BCUT2D eigenvalue weighted by Crippen LogP contribution is 2.32. The maximum atomic E-state index is 14.3. The van der Waals surface area contributed by atoms with E-state index in [0.717, 1.165) is 4.68 Å². The van der Waals surface area contributed by atoms with E-state index in [9.17, 15) is 27.9 Å². The lowest BCUT2D eigenvalue weighted by Crippen LogP contribution is -2.50. The van der Waals surface area contributed by atoms with Crippen LogP contribution in [0.1, 0.15) is 32.0 Å². The average Bonchev–Trinajstić information content (AvgIpc) is 3.01. The molecule has 1 unspecified atom stereocenters. The van der Waals surface area contributed by atoms with Gasteiger partial charge in [0.05, 0.1) is 18.9 Å². The topological polar surface area (TPSA) is 93.5 Å². The molecular weight excluding hydrogens is 391 g/mol. The number of carbonyl (C=O) groups excluding carboxylic acids is 1. The summed E-state index contributed by atoms with van der Waals surface area (Å²) in [5.74, 6) is -4.87. The Hall–Kier alpha value is -2.88. The standard InChI is InChI=1S/C19H20F3N3O4/c1-19(2,3)16(17(26)27)23-18(28)25-14-4-5-29-8-10(14)15(24-25)9-6-12(21)13(22)7-11(9)20/h6-7,16H,4-5,8H2,1-3H3,(H,23,28)(H,26,27). The molecule has 1 aromatic heterocycles. The SMILES string of the molecule is CC(C)(C)C(NC(=O)n1nc(-c2cc(F)c(F)cc2F)c2c1CCOC2)C(=O)O. The smallest absolute Gasteiger partial charge is 0.343 e. The minimum absolute atomic E-state index is 0.00197. The Morgan fingerprint density at radius 1 is 1.21 bits per heavy atom. The number of carboxylic acids is 1. The Balaban J connectivity index is 2.07. The van der Waals surface area contributed by atoms with Gasteiger partial charge in [0, 0.05) is 23.6 Å². The molecule has 3 rings (SSSR count). The second-order valence-electron chi connectivity index (χ2n) is 7.82. The van der Waals surface area contributed by atoms with Crippen molar-refractivity contribution in [2.75, 3.05) is 6.61 Å². The van der Waals surface area contributed by atoms with Crippen LogP contribution >= 0.6 is 0 Å². The first kappa shape index (κ1) is 20.8. The first-order chi connectivity index (χ1) is 13.5. The summed E-state index contributed by atoms with van der Waals surface area (Å²) < 4.78 is 47.6. The van der Waals surface area contributed by atoms with Crippen molar-refractivity contribution < 1.29 is 32.6 Å². The summed E-state index contributed by atoms with van der Waals surface area (Å²) in [5.41, 5.74) is -0.408. The minimum Gasteiger partial charge on any atom is -0.480 e. The molecule has 10 heteroatoms. The van der Waals surface area contributed by atoms with Crippen molar-refractivity contribution in [2.45, 2.75) is 39.8 Å². The van der Waals surface area contributed by atoms with Crippen LogP contribution in [-0.4, -0.2) is 39.5 Å². The van der Waals surface area contributed by atoms with E-state index < -0.39 is 40.9 Å². The summed E-state index contributed by atoms with van der Waals surface area (Å²) in [4.78, 5) is 24.3. The number of carbonyl (C=O) groups is 2. The highest BCUT2D eigenvalue weighted by Gasteiger charge is 2.35. The van der Waals surface area contributed by atoms with Gasteiger partial charge in [0.2, 0.25) is 0 Å². The number of aliphatic carboxylic acids is 1. The summed E-state index contributed by atoms with van der Waals surface area (Å²) in [5, 5.41) is 15.9. The molecule has 0 bridgehead atoms. The Morgan fingerprint density at radius 3 is 2.48 bits per heavy atom.